The van der Waals surface area contributed by atoms with Crippen molar-refractivity contribution in [3.8, 4) is 0 Å². The van der Waals surface area contributed by atoms with E-state index in [2.05, 4.69) is 42.0 Å². The molecule has 1 N–H and O–H groups in total. The minimum absolute atomic E-state index is 0.314. The lowest BCUT2D eigenvalue weighted by Gasteiger charge is -2.49. The first-order chi connectivity index (χ1) is 10.1. The Balaban J connectivity index is 1.78. The summed E-state index contributed by atoms with van der Waals surface area (Å²) >= 11 is 0. The highest BCUT2D eigenvalue weighted by atomic mass is 15.3. The van der Waals surface area contributed by atoms with Crippen molar-refractivity contribution in [2.45, 2.75) is 64.6 Å². The maximum Gasteiger partial charge on any atom is 0.0573 e. The van der Waals surface area contributed by atoms with E-state index < -0.39 is 0 Å². The summed E-state index contributed by atoms with van der Waals surface area (Å²) in [6.07, 6.45) is 7.26. The number of piperazine rings is 1. The molecule has 1 aliphatic heterocycles. The van der Waals surface area contributed by atoms with Crippen LogP contribution in [0.15, 0.2) is 18.3 Å². The molecular formula is C18H29N3. The van der Waals surface area contributed by atoms with Crippen LogP contribution in [0.25, 0.3) is 0 Å². The topological polar surface area (TPSA) is 28.2 Å². The van der Waals surface area contributed by atoms with Crippen LogP contribution in [0, 0.1) is 12.8 Å². The molecule has 2 unspecified atom stereocenters. The molecule has 21 heavy (non-hydrogen) atoms. The van der Waals surface area contributed by atoms with E-state index in [0.717, 1.165) is 25.6 Å². The molecule has 2 heterocycles. The minimum Gasteiger partial charge on any atom is -0.311 e. The van der Waals surface area contributed by atoms with Gasteiger partial charge in [0.2, 0.25) is 0 Å². The lowest BCUT2D eigenvalue weighted by Crippen LogP contribution is -2.64. The van der Waals surface area contributed by atoms with Crippen LogP contribution in [-0.2, 0) is 6.54 Å². The van der Waals surface area contributed by atoms with E-state index >= 15 is 0 Å². The molecule has 0 amide bonds. The molecule has 1 aromatic rings. The van der Waals surface area contributed by atoms with Crippen LogP contribution >= 0.6 is 0 Å². The van der Waals surface area contributed by atoms with E-state index in [1.807, 2.05) is 12.3 Å². The third kappa shape index (κ3) is 3.14. The molecule has 2 atom stereocenters. The van der Waals surface area contributed by atoms with E-state index in [9.17, 15) is 0 Å². The van der Waals surface area contributed by atoms with Gasteiger partial charge < -0.3 is 5.32 Å². The number of nitrogens with one attached hydrogen (secondary N) is 1. The predicted octanol–water partition coefficient (Wildman–Crippen LogP) is 3.13. The zero-order valence-electron chi connectivity index (χ0n) is 13.7. The van der Waals surface area contributed by atoms with Gasteiger partial charge in [-0.15, -0.1) is 0 Å². The second-order valence-corrected chi connectivity index (χ2v) is 7.15. The average Bonchev–Trinajstić information content (AvgIpc) is 3.30. The molecule has 1 saturated carbocycles. The minimum atomic E-state index is 0.314. The zero-order chi connectivity index (χ0) is 14.9. The van der Waals surface area contributed by atoms with Crippen molar-refractivity contribution in [2.75, 3.05) is 13.1 Å². The molecule has 3 heteroatoms. The standard InChI is InChI=1S/C18H29N3/c1-4-6-16-11-21(12-17-14(2)7-5-10-19-17)18(3,13-20-16)15-8-9-15/h5,7,10,15-16,20H,4,6,8-9,11-13H2,1-3H3. The van der Waals surface area contributed by atoms with E-state index in [1.54, 1.807) is 0 Å². The van der Waals surface area contributed by atoms with Gasteiger partial charge in [0.1, 0.15) is 0 Å². The van der Waals surface area contributed by atoms with Crippen molar-refractivity contribution in [3.05, 3.63) is 29.6 Å². The van der Waals surface area contributed by atoms with Gasteiger partial charge in [0.15, 0.2) is 0 Å². The third-order valence-corrected chi connectivity index (χ3v) is 5.46. The summed E-state index contributed by atoms with van der Waals surface area (Å²) in [6, 6.07) is 4.87. The maximum absolute atomic E-state index is 4.63. The lowest BCUT2D eigenvalue weighted by molar-refractivity contribution is 0.0248. The molecular weight excluding hydrogens is 258 g/mol. The molecule has 0 aromatic carbocycles. The molecule has 3 nitrogen and oxygen atoms in total. The van der Waals surface area contributed by atoms with Gasteiger partial charge in [-0.2, -0.15) is 0 Å². The first-order valence-corrected chi connectivity index (χ1v) is 8.52. The van der Waals surface area contributed by atoms with Crippen LogP contribution in [-0.4, -0.2) is 34.6 Å². The van der Waals surface area contributed by atoms with Crippen LogP contribution in [0.2, 0.25) is 0 Å². The molecule has 0 radical (unpaired) electrons. The van der Waals surface area contributed by atoms with E-state index in [1.165, 1.54) is 36.9 Å². The molecule has 1 aromatic heterocycles. The fraction of sp³-hybridized carbons (Fsp3) is 0.722. The van der Waals surface area contributed by atoms with Gasteiger partial charge in [0.25, 0.3) is 0 Å². The zero-order valence-corrected chi connectivity index (χ0v) is 13.7. The predicted molar refractivity (Wildman–Crippen MR) is 87.2 cm³/mol. The highest BCUT2D eigenvalue weighted by Gasteiger charge is 2.48. The molecule has 0 spiro atoms. The van der Waals surface area contributed by atoms with Crippen molar-refractivity contribution in [1.82, 2.24) is 15.2 Å². The number of pyridine rings is 1. The van der Waals surface area contributed by atoms with Crippen LogP contribution in [0.3, 0.4) is 0 Å². The number of rotatable bonds is 5. The van der Waals surface area contributed by atoms with Crippen molar-refractivity contribution in [3.63, 3.8) is 0 Å². The van der Waals surface area contributed by atoms with E-state index in [4.69, 9.17) is 0 Å². The number of nitrogens with zero attached hydrogens (tertiary/aromatic N) is 2. The summed E-state index contributed by atoms with van der Waals surface area (Å²) in [5, 5.41) is 3.80. The summed E-state index contributed by atoms with van der Waals surface area (Å²) in [5.74, 6) is 0.872. The van der Waals surface area contributed by atoms with Gasteiger partial charge in [-0.25, -0.2) is 0 Å². The Kier molecular flexibility index (Phi) is 4.32. The maximum atomic E-state index is 4.63. The Labute approximate surface area is 129 Å². The molecule has 2 aliphatic rings. The largest absolute Gasteiger partial charge is 0.311 e. The van der Waals surface area contributed by atoms with Crippen LogP contribution in [0.5, 0.6) is 0 Å². The van der Waals surface area contributed by atoms with Gasteiger partial charge >= 0.3 is 0 Å². The summed E-state index contributed by atoms with van der Waals surface area (Å²) < 4.78 is 0. The quantitative estimate of drug-likeness (QED) is 0.902. The van der Waals surface area contributed by atoms with Gasteiger partial charge in [-0.05, 0) is 50.7 Å². The average molecular weight is 287 g/mol. The summed E-state index contributed by atoms with van der Waals surface area (Å²) in [5.41, 5.74) is 2.89. The van der Waals surface area contributed by atoms with Gasteiger partial charge in [0.05, 0.1) is 5.69 Å². The molecule has 2 fully saturated rings. The van der Waals surface area contributed by atoms with Crippen molar-refractivity contribution >= 4 is 0 Å². The third-order valence-electron chi connectivity index (χ3n) is 5.46. The fourth-order valence-electron chi connectivity index (χ4n) is 3.76. The van der Waals surface area contributed by atoms with Gasteiger partial charge in [-0.1, -0.05) is 19.4 Å². The van der Waals surface area contributed by atoms with E-state index in [0.29, 0.717) is 11.6 Å². The lowest BCUT2D eigenvalue weighted by atomic mass is 9.88. The van der Waals surface area contributed by atoms with Crippen molar-refractivity contribution in [1.29, 1.82) is 0 Å². The Hall–Kier alpha value is -0.930. The number of hydrogen-bond acceptors (Lipinski definition) is 3. The highest BCUT2D eigenvalue weighted by molar-refractivity contribution is 5.18. The molecule has 1 aliphatic carbocycles. The Morgan fingerprint density at radius 2 is 2.24 bits per heavy atom. The van der Waals surface area contributed by atoms with Crippen LogP contribution < -0.4 is 5.32 Å². The number of hydrogen-bond donors (Lipinski definition) is 1. The van der Waals surface area contributed by atoms with Crippen LogP contribution in [0.4, 0.5) is 0 Å². The SMILES string of the molecule is CCCC1CN(Cc2ncccc2C)C(C)(C2CC2)CN1. The molecule has 3 rings (SSSR count). The number of aromatic nitrogens is 1. The normalized spacial score (nSPS) is 30.5. The summed E-state index contributed by atoms with van der Waals surface area (Å²) in [7, 11) is 0. The van der Waals surface area contributed by atoms with E-state index in [-0.39, 0.29) is 0 Å². The second-order valence-electron chi connectivity index (χ2n) is 7.15. The highest BCUT2D eigenvalue weighted by Crippen LogP contribution is 2.44. The van der Waals surface area contributed by atoms with Gasteiger partial charge in [-0.3, -0.25) is 9.88 Å². The van der Waals surface area contributed by atoms with Crippen LogP contribution in [0.1, 0.15) is 50.8 Å². The summed E-state index contributed by atoms with van der Waals surface area (Å²) in [6.45, 7) is 10.2. The summed E-state index contributed by atoms with van der Waals surface area (Å²) in [4.78, 5) is 7.35. The number of aryl methyl sites for hydroxylation is 1. The Bertz CT molecular complexity index is 483. The monoisotopic (exact) mass is 287 g/mol. The second kappa shape index (κ2) is 6.05. The van der Waals surface area contributed by atoms with Crippen molar-refractivity contribution < 1.29 is 0 Å². The molecule has 0 bridgehead atoms. The molecule has 116 valence electrons. The first kappa shape index (κ1) is 15.0. The van der Waals surface area contributed by atoms with Crippen molar-refractivity contribution in [2.24, 2.45) is 5.92 Å². The van der Waals surface area contributed by atoms with Gasteiger partial charge in [0, 0.05) is 37.4 Å². The molecule has 1 saturated heterocycles. The fourth-order valence-corrected chi connectivity index (χ4v) is 3.76. The Morgan fingerprint density at radius 1 is 1.43 bits per heavy atom. The Morgan fingerprint density at radius 3 is 2.90 bits per heavy atom. The smallest absolute Gasteiger partial charge is 0.0573 e. The first-order valence-electron chi connectivity index (χ1n) is 8.52.